The van der Waals surface area contributed by atoms with Gasteiger partial charge in [0.05, 0.1) is 0 Å². The lowest BCUT2D eigenvalue weighted by atomic mass is 10.3. The maximum absolute atomic E-state index is 8.84. The quantitative estimate of drug-likeness (QED) is 0.697. The van der Waals surface area contributed by atoms with E-state index < -0.39 is 0 Å². The average molecular weight is 178 g/mol. The zero-order valence-corrected chi connectivity index (χ0v) is 8.28. The van der Waals surface area contributed by atoms with Crippen molar-refractivity contribution in [2.45, 2.75) is 13.8 Å². The maximum atomic E-state index is 8.84. The van der Waals surface area contributed by atoms with Gasteiger partial charge in [-0.2, -0.15) is 10.4 Å². The summed E-state index contributed by atoms with van der Waals surface area (Å²) in [7, 11) is 1.83. The highest BCUT2D eigenvalue weighted by Crippen LogP contribution is 2.15. The molecular weight excluding hydrogens is 164 g/mol. The maximum Gasteiger partial charge on any atom is 0.168 e. The van der Waals surface area contributed by atoms with Crippen molar-refractivity contribution in [3.05, 3.63) is 11.8 Å². The van der Waals surface area contributed by atoms with Gasteiger partial charge < -0.3 is 4.90 Å². The Morgan fingerprint density at radius 3 is 2.62 bits per heavy atom. The number of rotatable bonds is 3. The third-order valence-corrected chi connectivity index (χ3v) is 1.99. The second-order valence-corrected chi connectivity index (χ2v) is 2.82. The molecule has 0 bridgehead atoms. The molecule has 0 radical (unpaired) electrons. The third-order valence-electron chi connectivity index (χ3n) is 1.99. The van der Waals surface area contributed by atoms with E-state index in [1.807, 2.05) is 7.05 Å². The number of aryl methyl sites for hydroxylation is 1. The fourth-order valence-electron chi connectivity index (χ4n) is 1.31. The summed E-state index contributed by atoms with van der Waals surface area (Å²) in [5.74, 6) is 0.787. The second kappa shape index (κ2) is 3.94. The smallest absolute Gasteiger partial charge is 0.168 e. The number of nitrogens with zero attached hydrogens (tertiary/aromatic N) is 4. The molecule has 0 atom stereocenters. The standard InChI is InChI=1S/C9H14N4/c1-4-13(5-2)9-8(6-10)7-12(3)11-9/h7H,4-5H2,1-3H3. The molecule has 70 valence electrons. The molecule has 0 N–H and O–H groups in total. The van der Waals surface area contributed by atoms with Gasteiger partial charge in [0.15, 0.2) is 5.82 Å². The first-order chi connectivity index (χ1) is 6.22. The molecule has 0 fully saturated rings. The van der Waals surface area contributed by atoms with Crippen LogP contribution in [0.1, 0.15) is 19.4 Å². The van der Waals surface area contributed by atoms with Crippen molar-refractivity contribution in [3.63, 3.8) is 0 Å². The summed E-state index contributed by atoms with van der Waals surface area (Å²) in [5, 5.41) is 13.1. The average Bonchev–Trinajstić information content (AvgIpc) is 2.49. The van der Waals surface area contributed by atoms with Crippen LogP contribution in [0.2, 0.25) is 0 Å². The van der Waals surface area contributed by atoms with E-state index in [9.17, 15) is 0 Å². The molecule has 4 nitrogen and oxygen atoms in total. The highest BCUT2D eigenvalue weighted by atomic mass is 15.3. The zero-order valence-electron chi connectivity index (χ0n) is 8.28. The minimum absolute atomic E-state index is 0.645. The van der Waals surface area contributed by atoms with Gasteiger partial charge in [-0.05, 0) is 13.8 Å². The number of hydrogen-bond acceptors (Lipinski definition) is 3. The van der Waals surface area contributed by atoms with E-state index in [2.05, 4.69) is 29.9 Å². The van der Waals surface area contributed by atoms with E-state index in [4.69, 9.17) is 5.26 Å². The molecule has 1 aromatic heterocycles. The molecule has 0 amide bonds. The van der Waals surface area contributed by atoms with E-state index >= 15 is 0 Å². The minimum atomic E-state index is 0.645. The molecule has 0 saturated carbocycles. The summed E-state index contributed by atoms with van der Waals surface area (Å²) in [6.07, 6.45) is 1.74. The summed E-state index contributed by atoms with van der Waals surface area (Å²) in [4.78, 5) is 2.07. The van der Waals surface area contributed by atoms with E-state index in [0.717, 1.165) is 18.9 Å². The highest BCUT2D eigenvalue weighted by molar-refractivity contribution is 5.52. The van der Waals surface area contributed by atoms with Crippen molar-refractivity contribution in [1.82, 2.24) is 9.78 Å². The van der Waals surface area contributed by atoms with E-state index in [0.29, 0.717) is 5.56 Å². The molecule has 0 unspecified atom stereocenters. The first-order valence-corrected chi connectivity index (χ1v) is 4.41. The SMILES string of the molecule is CCN(CC)c1nn(C)cc1C#N. The van der Waals surface area contributed by atoms with Crippen LogP contribution >= 0.6 is 0 Å². The van der Waals surface area contributed by atoms with Crippen molar-refractivity contribution in [2.24, 2.45) is 7.05 Å². The van der Waals surface area contributed by atoms with Crippen LogP contribution in [0.4, 0.5) is 5.82 Å². The molecule has 1 aromatic rings. The normalized spacial score (nSPS) is 9.69. The molecular formula is C9H14N4. The van der Waals surface area contributed by atoms with Crippen molar-refractivity contribution in [2.75, 3.05) is 18.0 Å². The predicted octanol–water partition coefficient (Wildman–Crippen LogP) is 1.14. The third kappa shape index (κ3) is 1.81. The topological polar surface area (TPSA) is 44.9 Å². The molecule has 4 heteroatoms. The Hall–Kier alpha value is -1.50. The number of nitriles is 1. The number of hydrogen-bond donors (Lipinski definition) is 0. The lowest BCUT2D eigenvalue weighted by Gasteiger charge is -2.17. The lowest BCUT2D eigenvalue weighted by molar-refractivity contribution is 0.744. The summed E-state index contributed by atoms with van der Waals surface area (Å²) in [6, 6.07) is 2.14. The molecule has 0 saturated heterocycles. The summed E-state index contributed by atoms with van der Waals surface area (Å²) in [5.41, 5.74) is 0.645. The fourth-order valence-corrected chi connectivity index (χ4v) is 1.31. The monoisotopic (exact) mass is 178 g/mol. The number of anilines is 1. The van der Waals surface area contributed by atoms with Gasteiger partial charge in [0.2, 0.25) is 0 Å². The van der Waals surface area contributed by atoms with Crippen LogP contribution in [-0.2, 0) is 7.05 Å². The van der Waals surface area contributed by atoms with E-state index in [1.54, 1.807) is 10.9 Å². The van der Waals surface area contributed by atoms with Gasteiger partial charge in [-0.3, -0.25) is 4.68 Å². The van der Waals surface area contributed by atoms with Crippen LogP contribution in [0.3, 0.4) is 0 Å². The van der Waals surface area contributed by atoms with Crippen LogP contribution in [0.15, 0.2) is 6.20 Å². The van der Waals surface area contributed by atoms with Gasteiger partial charge in [-0.15, -0.1) is 0 Å². The fraction of sp³-hybridized carbons (Fsp3) is 0.556. The Kier molecular flexibility index (Phi) is 2.91. The van der Waals surface area contributed by atoms with Gasteiger partial charge in [-0.1, -0.05) is 0 Å². The van der Waals surface area contributed by atoms with Gasteiger partial charge in [-0.25, -0.2) is 0 Å². The van der Waals surface area contributed by atoms with Gasteiger partial charge in [0, 0.05) is 26.3 Å². The van der Waals surface area contributed by atoms with Gasteiger partial charge in [0.25, 0.3) is 0 Å². The molecule has 0 aliphatic heterocycles. The Morgan fingerprint density at radius 2 is 2.15 bits per heavy atom. The first-order valence-electron chi connectivity index (χ1n) is 4.41. The van der Waals surface area contributed by atoms with Crippen molar-refractivity contribution < 1.29 is 0 Å². The summed E-state index contributed by atoms with van der Waals surface area (Å²) >= 11 is 0. The second-order valence-electron chi connectivity index (χ2n) is 2.82. The van der Waals surface area contributed by atoms with Crippen LogP contribution in [0.5, 0.6) is 0 Å². The molecule has 13 heavy (non-hydrogen) atoms. The molecule has 0 spiro atoms. The van der Waals surface area contributed by atoms with Crippen LogP contribution in [-0.4, -0.2) is 22.9 Å². The number of aromatic nitrogens is 2. The van der Waals surface area contributed by atoms with Crippen molar-refractivity contribution >= 4 is 5.82 Å². The predicted molar refractivity (Wildman–Crippen MR) is 51.5 cm³/mol. The molecule has 1 rings (SSSR count). The largest absolute Gasteiger partial charge is 0.355 e. The Labute approximate surface area is 78.4 Å². The zero-order chi connectivity index (χ0) is 9.84. The van der Waals surface area contributed by atoms with E-state index in [-0.39, 0.29) is 0 Å². The Morgan fingerprint density at radius 1 is 1.54 bits per heavy atom. The molecule has 0 aliphatic rings. The summed E-state index contributed by atoms with van der Waals surface area (Å²) in [6.45, 7) is 5.86. The van der Waals surface area contributed by atoms with Gasteiger partial charge in [0.1, 0.15) is 11.6 Å². The molecule has 1 heterocycles. The van der Waals surface area contributed by atoms with Gasteiger partial charge >= 0.3 is 0 Å². The Bertz CT molecular complexity index is 317. The molecule has 0 aliphatic carbocycles. The van der Waals surface area contributed by atoms with Crippen LogP contribution in [0.25, 0.3) is 0 Å². The summed E-state index contributed by atoms with van der Waals surface area (Å²) < 4.78 is 1.67. The van der Waals surface area contributed by atoms with Crippen LogP contribution < -0.4 is 4.90 Å². The highest BCUT2D eigenvalue weighted by Gasteiger charge is 2.11. The van der Waals surface area contributed by atoms with Crippen molar-refractivity contribution in [1.29, 1.82) is 5.26 Å². The van der Waals surface area contributed by atoms with E-state index in [1.165, 1.54) is 0 Å². The van der Waals surface area contributed by atoms with Crippen LogP contribution in [0, 0.1) is 11.3 Å². The minimum Gasteiger partial charge on any atom is -0.355 e. The Balaban J connectivity index is 3.05. The lowest BCUT2D eigenvalue weighted by Crippen LogP contribution is -2.23. The first kappa shape index (κ1) is 9.59. The van der Waals surface area contributed by atoms with Crippen molar-refractivity contribution in [3.8, 4) is 6.07 Å². The molecule has 0 aromatic carbocycles.